The van der Waals surface area contributed by atoms with E-state index in [1.54, 1.807) is 26.4 Å². The van der Waals surface area contributed by atoms with Crippen molar-refractivity contribution in [2.45, 2.75) is 44.2 Å². The van der Waals surface area contributed by atoms with E-state index in [4.69, 9.17) is 0 Å². The van der Waals surface area contributed by atoms with Crippen LogP contribution in [0.15, 0.2) is 23.1 Å². The molecule has 3 rings (SSSR count). The molecule has 0 aromatic carbocycles. The first-order chi connectivity index (χ1) is 11.4. The minimum absolute atomic E-state index is 0.142. The number of aromatic nitrogens is 1. The van der Waals surface area contributed by atoms with Crippen LogP contribution in [0.4, 0.5) is 0 Å². The molecular formula is C18H27N3O3. The van der Waals surface area contributed by atoms with Gasteiger partial charge in [0, 0.05) is 38.3 Å². The van der Waals surface area contributed by atoms with Crippen molar-refractivity contribution in [2.75, 3.05) is 27.2 Å². The van der Waals surface area contributed by atoms with Crippen molar-refractivity contribution in [2.24, 2.45) is 5.41 Å². The van der Waals surface area contributed by atoms with Crippen LogP contribution in [-0.2, 0) is 6.54 Å². The monoisotopic (exact) mass is 333 g/mol. The van der Waals surface area contributed by atoms with Gasteiger partial charge in [0.05, 0.1) is 17.7 Å². The summed E-state index contributed by atoms with van der Waals surface area (Å²) < 4.78 is 1.52. The molecule has 1 amide bonds. The summed E-state index contributed by atoms with van der Waals surface area (Å²) in [7, 11) is 3.37. The summed E-state index contributed by atoms with van der Waals surface area (Å²) in [6, 6.07) is 2.97. The Kier molecular flexibility index (Phi) is 4.53. The van der Waals surface area contributed by atoms with E-state index in [1.807, 2.05) is 0 Å². The Morgan fingerprint density at radius 1 is 1.29 bits per heavy atom. The molecule has 1 aliphatic carbocycles. The molecule has 0 radical (unpaired) electrons. The van der Waals surface area contributed by atoms with E-state index in [-0.39, 0.29) is 23.4 Å². The Balaban J connectivity index is 1.93. The van der Waals surface area contributed by atoms with Gasteiger partial charge in [0.2, 0.25) is 0 Å². The fourth-order valence-electron chi connectivity index (χ4n) is 4.31. The maximum absolute atomic E-state index is 12.3. The van der Waals surface area contributed by atoms with E-state index in [1.165, 1.54) is 15.5 Å². The maximum atomic E-state index is 12.3. The molecule has 6 nitrogen and oxygen atoms in total. The average Bonchev–Trinajstić information content (AvgIpc) is 3.02. The normalized spacial score (nSPS) is 25.8. The summed E-state index contributed by atoms with van der Waals surface area (Å²) in [4.78, 5) is 26.0. The highest BCUT2D eigenvalue weighted by Gasteiger charge is 2.53. The van der Waals surface area contributed by atoms with Crippen LogP contribution in [-0.4, -0.2) is 53.3 Å². The van der Waals surface area contributed by atoms with E-state index in [0.717, 1.165) is 38.8 Å². The van der Waals surface area contributed by atoms with Crippen molar-refractivity contribution >= 4 is 5.91 Å². The highest BCUT2D eigenvalue weighted by molar-refractivity contribution is 5.93. The number of nitrogens with zero attached hydrogens (tertiary/aromatic N) is 2. The maximum Gasteiger partial charge on any atom is 0.254 e. The number of piperidine rings is 1. The highest BCUT2D eigenvalue weighted by Crippen LogP contribution is 2.49. The summed E-state index contributed by atoms with van der Waals surface area (Å²) in [6.45, 7) is 1.81. The van der Waals surface area contributed by atoms with Crippen LogP contribution < -0.4 is 10.9 Å². The van der Waals surface area contributed by atoms with Crippen LogP contribution in [0, 0.1) is 5.41 Å². The zero-order valence-electron chi connectivity index (χ0n) is 14.5. The van der Waals surface area contributed by atoms with E-state index in [9.17, 15) is 14.7 Å². The Morgan fingerprint density at radius 2 is 2.00 bits per heavy atom. The first kappa shape index (κ1) is 17.2. The van der Waals surface area contributed by atoms with Gasteiger partial charge >= 0.3 is 0 Å². The van der Waals surface area contributed by atoms with Gasteiger partial charge in [-0.1, -0.05) is 12.8 Å². The molecule has 1 unspecified atom stereocenters. The first-order valence-electron chi connectivity index (χ1n) is 8.72. The molecule has 1 aromatic rings. The van der Waals surface area contributed by atoms with Gasteiger partial charge in [0.25, 0.3) is 11.5 Å². The van der Waals surface area contributed by atoms with Gasteiger partial charge in [-0.25, -0.2) is 0 Å². The third kappa shape index (κ3) is 2.89. The van der Waals surface area contributed by atoms with Gasteiger partial charge in [-0.2, -0.15) is 0 Å². The number of aliphatic hydroxyl groups is 1. The molecule has 0 bridgehead atoms. The number of amides is 1. The van der Waals surface area contributed by atoms with Crippen LogP contribution >= 0.6 is 0 Å². The third-order valence-corrected chi connectivity index (χ3v) is 5.80. The van der Waals surface area contributed by atoms with E-state index < -0.39 is 5.60 Å². The third-order valence-electron chi connectivity index (χ3n) is 5.80. The molecule has 1 aliphatic heterocycles. The van der Waals surface area contributed by atoms with Gasteiger partial charge in [0.1, 0.15) is 0 Å². The van der Waals surface area contributed by atoms with Gasteiger partial charge in [-0.3, -0.25) is 9.59 Å². The van der Waals surface area contributed by atoms with Crippen molar-refractivity contribution < 1.29 is 9.90 Å². The molecule has 132 valence electrons. The topological polar surface area (TPSA) is 74.6 Å². The van der Waals surface area contributed by atoms with Crippen molar-refractivity contribution in [1.29, 1.82) is 0 Å². The van der Waals surface area contributed by atoms with E-state index in [0.29, 0.717) is 12.0 Å². The van der Waals surface area contributed by atoms with Gasteiger partial charge in [-0.15, -0.1) is 0 Å². The molecule has 2 fully saturated rings. The van der Waals surface area contributed by atoms with Crippen molar-refractivity contribution in [3.8, 4) is 0 Å². The zero-order chi connectivity index (χ0) is 17.4. The second-order valence-corrected chi connectivity index (χ2v) is 7.53. The number of carbonyl (C=O) groups is 1. The minimum Gasteiger partial charge on any atom is -0.387 e. The number of nitrogens with one attached hydrogen (secondary N) is 1. The fraction of sp³-hybridized carbons (Fsp3) is 0.667. The average molecular weight is 333 g/mol. The molecule has 6 heteroatoms. The van der Waals surface area contributed by atoms with Crippen LogP contribution in [0.3, 0.4) is 0 Å². The lowest BCUT2D eigenvalue weighted by atomic mass is 9.66. The lowest BCUT2D eigenvalue weighted by molar-refractivity contribution is -0.115. The largest absolute Gasteiger partial charge is 0.387 e. The predicted molar refractivity (Wildman–Crippen MR) is 92.1 cm³/mol. The van der Waals surface area contributed by atoms with Crippen molar-refractivity contribution in [3.05, 3.63) is 34.2 Å². The van der Waals surface area contributed by atoms with Crippen molar-refractivity contribution in [1.82, 2.24) is 14.8 Å². The number of pyridine rings is 1. The highest BCUT2D eigenvalue weighted by atomic mass is 16.3. The Labute approximate surface area is 142 Å². The molecule has 2 heterocycles. The number of rotatable bonds is 3. The summed E-state index contributed by atoms with van der Waals surface area (Å²) >= 11 is 0. The second-order valence-electron chi connectivity index (χ2n) is 7.53. The summed E-state index contributed by atoms with van der Waals surface area (Å²) in [5.41, 5.74) is -0.770. The summed E-state index contributed by atoms with van der Waals surface area (Å²) in [5.74, 6) is -0.142. The Bertz CT molecular complexity index is 676. The molecule has 1 aromatic heterocycles. The lowest BCUT2D eigenvalue weighted by Crippen LogP contribution is -2.60. The first-order valence-corrected chi connectivity index (χ1v) is 8.72. The smallest absolute Gasteiger partial charge is 0.254 e. The minimum atomic E-state index is -0.904. The van der Waals surface area contributed by atoms with Gasteiger partial charge < -0.3 is 19.9 Å². The van der Waals surface area contributed by atoms with Crippen molar-refractivity contribution in [3.63, 3.8) is 0 Å². The molecule has 2 aliphatic rings. The van der Waals surface area contributed by atoms with E-state index >= 15 is 0 Å². The second kappa shape index (κ2) is 6.33. The quantitative estimate of drug-likeness (QED) is 0.859. The zero-order valence-corrected chi connectivity index (χ0v) is 14.5. The Morgan fingerprint density at radius 3 is 2.67 bits per heavy atom. The molecule has 1 spiro atoms. The molecule has 1 saturated carbocycles. The van der Waals surface area contributed by atoms with Crippen LogP contribution in [0.25, 0.3) is 0 Å². The number of carbonyl (C=O) groups excluding carboxylic acids is 1. The number of hydrogen-bond acceptors (Lipinski definition) is 4. The lowest BCUT2D eigenvalue weighted by Gasteiger charge is -2.49. The van der Waals surface area contributed by atoms with Crippen LogP contribution in [0.1, 0.15) is 42.5 Å². The summed E-state index contributed by atoms with van der Waals surface area (Å²) in [5, 5.41) is 14.9. The molecule has 2 N–H and O–H groups in total. The molecule has 1 saturated heterocycles. The van der Waals surface area contributed by atoms with Gasteiger partial charge in [0.15, 0.2) is 0 Å². The molecule has 24 heavy (non-hydrogen) atoms. The summed E-state index contributed by atoms with van der Waals surface area (Å²) in [6.07, 6.45) is 6.44. The van der Waals surface area contributed by atoms with E-state index in [2.05, 4.69) is 5.32 Å². The van der Waals surface area contributed by atoms with Crippen LogP contribution in [0.5, 0.6) is 0 Å². The molecular weight excluding hydrogens is 306 g/mol. The molecule has 1 atom stereocenters. The SMILES string of the molecule is CN(C)C(=O)c1ccc(=O)n(CC2(O)CCNCC23CCCC3)c1. The fourth-order valence-corrected chi connectivity index (χ4v) is 4.31. The van der Waals surface area contributed by atoms with Gasteiger partial charge in [-0.05, 0) is 31.9 Å². The number of hydrogen-bond donors (Lipinski definition) is 2. The standard InChI is InChI=1S/C18H27N3O3/c1-20(2)16(23)14-5-6-15(22)21(11-14)13-18(24)9-10-19-12-17(18)7-3-4-8-17/h5-6,11,19,24H,3-4,7-10,12-13H2,1-2H3. The Hall–Kier alpha value is -1.66. The predicted octanol–water partition coefficient (Wildman–Crippen LogP) is 0.835. The van der Waals surface area contributed by atoms with Crippen LogP contribution in [0.2, 0.25) is 0 Å².